The van der Waals surface area contributed by atoms with E-state index >= 15 is 0 Å². The first-order valence-electron chi connectivity index (χ1n) is 11.7. The molecule has 210 valence electrons. The van der Waals surface area contributed by atoms with Crippen LogP contribution >= 0.6 is 0 Å². The van der Waals surface area contributed by atoms with Gasteiger partial charge in [-0.15, -0.1) is 0 Å². The molecule has 2 rings (SSSR count). The molecule has 2 aromatic rings. The van der Waals surface area contributed by atoms with E-state index in [9.17, 15) is 44.4 Å². The largest absolute Gasteiger partial charge is 0.508 e. The van der Waals surface area contributed by atoms with Crippen molar-refractivity contribution in [2.24, 2.45) is 5.73 Å². The number of hydrogen-bond acceptors (Lipinski definition) is 9. The Balaban J connectivity index is 2.21. The number of hydrogen-bond donors (Lipinski definition) is 9. The van der Waals surface area contributed by atoms with Gasteiger partial charge in [-0.1, -0.05) is 24.3 Å². The highest BCUT2D eigenvalue weighted by atomic mass is 16.4. The van der Waals surface area contributed by atoms with Gasteiger partial charge in [0.05, 0.1) is 19.1 Å². The van der Waals surface area contributed by atoms with E-state index in [1.165, 1.54) is 48.5 Å². The number of phenolic OH excluding ortho intramolecular Hbond substituents is 2. The third-order valence-electron chi connectivity index (χ3n) is 5.55. The van der Waals surface area contributed by atoms with Crippen LogP contribution in [0.5, 0.6) is 11.5 Å². The van der Waals surface area contributed by atoms with E-state index < -0.39 is 66.9 Å². The Hall–Kier alpha value is -4.69. The van der Waals surface area contributed by atoms with Crippen LogP contribution in [0.3, 0.4) is 0 Å². The molecular formula is C25H30N4O10. The summed E-state index contributed by atoms with van der Waals surface area (Å²) in [6, 6.07) is 5.42. The number of amides is 3. The van der Waals surface area contributed by atoms with E-state index in [4.69, 9.17) is 10.8 Å². The van der Waals surface area contributed by atoms with Gasteiger partial charge in [0, 0.05) is 12.8 Å². The number of carbonyl (C=O) groups is 5. The lowest BCUT2D eigenvalue weighted by Gasteiger charge is -2.24. The summed E-state index contributed by atoms with van der Waals surface area (Å²) in [4.78, 5) is 60.8. The Labute approximate surface area is 222 Å². The number of aromatic hydroxyl groups is 2. The van der Waals surface area contributed by atoms with Gasteiger partial charge in [-0.2, -0.15) is 0 Å². The molecule has 14 heteroatoms. The Morgan fingerprint density at radius 1 is 0.667 bits per heavy atom. The number of carbonyl (C=O) groups excluding carboxylic acids is 3. The maximum absolute atomic E-state index is 13.2. The average molecular weight is 547 g/mol. The van der Waals surface area contributed by atoms with E-state index in [0.29, 0.717) is 11.1 Å². The highest BCUT2D eigenvalue weighted by molar-refractivity contribution is 5.95. The lowest BCUT2D eigenvalue weighted by molar-refractivity contribution is -0.142. The van der Waals surface area contributed by atoms with E-state index in [2.05, 4.69) is 16.0 Å². The molecule has 4 unspecified atom stereocenters. The van der Waals surface area contributed by atoms with Crippen LogP contribution in [0.4, 0.5) is 0 Å². The van der Waals surface area contributed by atoms with Gasteiger partial charge >= 0.3 is 11.9 Å². The third kappa shape index (κ3) is 9.94. The number of benzene rings is 2. The van der Waals surface area contributed by atoms with Crippen LogP contribution in [0.1, 0.15) is 17.5 Å². The number of rotatable bonds is 14. The fourth-order valence-corrected chi connectivity index (χ4v) is 3.44. The smallest absolute Gasteiger partial charge is 0.326 e. The van der Waals surface area contributed by atoms with Crippen LogP contribution in [-0.4, -0.2) is 86.0 Å². The maximum Gasteiger partial charge on any atom is 0.326 e. The first-order chi connectivity index (χ1) is 18.4. The molecular weight excluding hydrogens is 516 g/mol. The molecule has 14 nitrogen and oxygen atoms in total. The fraction of sp³-hybridized carbons (Fsp3) is 0.320. The second-order valence-corrected chi connectivity index (χ2v) is 8.65. The summed E-state index contributed by atoms with van der Waals surface area (Å²) in [6.45, 7) is -0.913. The number of carboxylic acid groups (broad SMARTS) is 2. The lowest BCUT2D eigenvalue weighted by Crippen LogP contribution is -2.58. The molecule has 0 saturated heterocycles. The molecule has 0 fully saturated rings. The second kappa shape index (κ2) is 14.3. The summed E-state index contributed by atoms with van der Waals surface area (Å²) in [7, 11) is 0. The van der Waals surface area contributed by atoms with Gasteiger partial charge in [-0.3, -0.25) is 19.2 Å². The van der Waals surface area contributed by atoms with Crippen molar-refractivity contribution in [3.05, 3.63) is 59.7 Å². The highest BCUT2D eigenvalue weighted by Gasteiger charge is 2.30. The predicted molar refractivity (Wildman–Crippen MR) is 134 cm³/mol. The van der Waals surface area contributed by atoms with Crippen LogP contribution in [0.25, 0.3) is 0 Å². The van der Waals surface area contributed by atoms with Gasteiger partial charge in [-0.25, -0.2) is 4.79 Å². The summed E-state index contributed by atoms with van der Waals surface area (Å²) < 4.78 is 0. The molecule has 0 heterocycles. The summed E-state index contributed by atoms with van der Waals surface area (Å²) in [5.41, 5.74) is 6.46. The molecule has 0 spiro atoms. The van der Waals surface area contributed by atoms with Gasteiger partial charge in [-0.05, 0) is 35.4 Å². The van der Waals surface area contributed by atoms with Gasteiger partial charge < -0.3 is 47.2 Å². The number of nitrogens with two attached hydrogens (primary N) is 1. The number of nitrogens with one attached hydrogen (secondary N) is 3. The summed E-state index contributed by atoms with van der Waals surface area (Å²) in [5.74, 6) is -5.73. The highest BCUT2D eigenvalue weighted by Crippen LogP contribution is 2.14. The van der Waals surface area contributed by atoms with Crippen molar-refractivity contribution >= 4 is 29.7 Å². The molecule has 0 aliphatic carbocycles. The van der Waals surface area contributed by atoms with Crippen molar-refractivity contribution in [3.8, 4) is 11.5 Å². The molecule has 3 amide bonds. The topological polar surface area (TPSA) is 249 Å². The number of aliphatic carboxylic acids is 2. The lowest BCUT2D eigenvalue weighted by atomic mass is 10.0. The number of carboxylic acids is 2. The van der Waals surface area contributed by atoms with Crippen molar-refractivity contribution in [2.75, 3.05) is 6.61 Å². The van der Waals surface area contributed by atoms with Gasteiger partial charge in [0.25, 0.3) is 0 Å². The van der Waals surface area contributed by atoms with Crippen LogP contribution in [0.15, 0.2) is 48.5 Å². The second-order valence-electron chi connectivity index (χ2n) is 8.65. The average Bonchev–Trinajstić information content (AvgIpc) is 2.88. The normalized spacial score (nSPS) is 13.8. The number of aliphatic hydroxyl groups is 1. The minimum absolute atomic E-state index is 0.0271. The first kappa shape index (κ1) is 30.5. The Bertz CT molecular complexity index is 1170. The molecule has 0 bridgehead atoms. The van der Waals surface area contributed by atoms with Crippen LogP contribution < -0.4 is 21.7 Å². The number of phenols is 2. The third-order valence-corrected chi connectivity index (χ3v) is 5.55. The molecule has 39 heavy (non-hydrogen) atoms. The minimum Gasteiger partial charge on any atom is -0.508 e. The minimum atomic E-state index is -1.60. The Morgan fingerprint density at radius 2 is 1.08 bits per heavy atom. The van der Waals surface area contributed by atoms with Gasteiger partial charge in [0.1, 0.15) is 29.6 Å². The SMILES string of the molecule is NC(CC(=O)O)C(=O)NC(CO)C(=O)NC(Cc1ccc(O)cc1)C(=O)NC(Cc1ccc(O)cc1)C(=O)O. The van der Waals surface area contributed by atoms with Gasteiger partial charge in [0.15, 0.2) is 0 Å². The van der Waals surface area contributed by atoms with Gasteiger partial charge in [0.2, 0.25) is 17.7 Å². The Morgan fingerprint density at radius 3 is 1.51 bits per heavy atom. The molecule has 4 atom stereocenters. The monoisotopic (exact) mass is 546 g/mol. The van der Waals surface area contributed by atoms with Crippen molar-refractivity contribution < 1.29 is 49.5 Å². The van der Waals surface area contributed by atoms with E-state index in [0.717, 1.165) is 0 Å². The quantitative estimate of drug-likeness (QED) is 0.128. The number of aliphatic hydroxyl groups excluding tert-OH is 1. The van der Waals surface area contributed by atoms with Crippen LogP contribution in [-0.2, 0) is 36.8 Å². The molecule has 0 aliphatic rings. The summed E-state index contributed by atoms with van der Waals surface area (Å²) in [5, 5.41) is 53.8. The summed E-state index contributed by atoms with van der Waals surface area (Å²) >= 11 is 0. The molecule has 0 aliphatic heterocycles. The standard InChI is InChI=1S/C25H30N4O10/c26-17(11-21(33)34)22(35)29-20(12-30)24(37)27-18(9-13-1-5-15(31)6-2-13)23(36)28-19(25(38)39)10-14-3-7-16(32)8-4-14/h1-8,17-20,30-32H,9-12,26H2,(H,27,37)(H,28,36)(H,29,35)(H,33,34)(H,38,39). The van der Waals surface area contributed by atoms with E-state index in [1.807, 2.05) is 0 Å². The first-order valence-corrected chi connectivity index (χ1v) is 11.7. The van der Waals surface area contributed by atoms with Crippen LogP contribution in [0.2, 0.25) is 0 Å². The molecule has 0 radical (unpaired) electrons. The molecule has 10 N–H and O–H groups in total. The zero-order valence-corrected chi connectivity index (χ0v) is 20.6. The maximum atomic E-state index is 13.2. The molecule has 2 aromatic carbocycles. The van der Waals surface area contributed by atoms with E-state index in [-0.39, 0.29) is 24.3 Å². The van der Waals surface area contributed by atoms with Crippen LogP contribution in [0, 0.1) is 0 Å². The van der Waals surface area contributed by atoms with Crippen molar-refractivity contribution in [1.29, 1.82) is 0 Å². The predicted octanol–water partition coefficient (Wildman–Crippen LogP) is -1.78. The van der Waals surface area contributed by atoms with Crippen molar-refractivity contribution in [2.45, 2.75) is 43.4 Å². The zero-order chi connectivity index (χ0) is 29.1. The zero-order valence-electron chi connectivity index (χ0n) is 20.6. The molecule has 0 saturated carbocycles. The van der Waals surface area contributed by atoms with Crippen molar-refractivity contribution in [3.63, 3.8) is 0 Å². The fourth-order valence-electron chi connectivity index (χ4n) is 3.44. The van der Waals surface area contributed by atoms with Crippen molar-refractivity contribution in [1.82, 2.24) is 16.0 Å². The van der Waals surface area contributed by atoms with E-state index in [1.54, 1.807) is 0 Å². The molecule has 0 aromatic heterocycles. The summed E-state index contributed by atoms with van der Waals surface area (Å²) in [6.07, 6.45) is -1.03. The Kier molecular flexibility index (Phi) is 11.2.